The Morgan fingerprint density at radius 2 is 2.29 bits per heavy atom. The molecule has 0 aliphatic heterocycles. The van der Waals surface area contributed by atoms with Gasteiger partial charge in [-0.3, -0.25) is 0 Å². The molecule has 0 atom stereocenters. The van der Waals surface area contributed by atoms with Crippen LogP contribution in [0.2, 0.25) is 0 Å². The summed E-state index contributed by atoms with van der Waals surface area (Å²) >= 11 is 0. The van der Waals surface area contributed by atoms with Crippen molar-refractivity contribution in [3.8, 4) is 0 Å². The first kappa shape index (κ1) is 12.2. The number of esters is 1. The highest BCUT2D eigenvalue weighted by Gasteiger charge is 2.17. The van der Waals surface area contributed by atoms with Gasteiger partial charge in [0.15, 0.2) is 0 Å². The summed E-state index contributed by atoms with van der Waals surface area (Å²) in [6.07, 6.45) is 6.88. The normalized spacial score (nSPS) is 16.3. The van der Waals surface area contributed by atoms with Gasteiger partial charge in [0.05, 0.1) is 13.4 Å². The van der Waals surface area contributed by atoms with Crippen molar-refractivity contribution in [3.63, 3.8) is 0 Å². The van der Waals surface area contributed by atoms with Crippen molar-refractivity contribution in [2.24, 2.45) is 5.92 Å². The van der Waals surface area contributed by atoms with Gasteiger partial charge in [0.25, 0.3) is 0 Å². The summed E-state index contributed by atoms with van der Waals surface area (Å²) in [6.45, 7) is 1.68. The summed E-state index contributed by atoms with van der Waals surface area (Å²) in [6, 6.07) is 1.81. The lowest BCUT2D eigenvalue weighted by Gasteiger charge is -2.09. The van der Waals surface area contributed by atoms with Gasteiger partial charge in [0, 0.05) is 12.1 Å². The van der Waals surface area contributed by atoms with E-state index in [-0.39, 0.29) is 0 Å². The first-order valence-corrected chi connectivity index (χ1v) is 6.16. The van der Waals surface area contributed by atoms with Gasteiger partial charge in [-0.25, -0.2) is 4.79 Å². The Hall–Kier alpha value is -1.29. The molecule has 0 unspecified atom stereocenters. The maximum Gasteiger partial charge on any atom is 0.374 e. The fourth-order valence-electron chi connectivity index (χ4n) is 2.37. The number of hydrogen-bond donors (Lipinski definition) is 1. The van der Waals surface area contributed by atoms with E-state index in [1.165, 1.54) is 39.1 Å². The highest BCUT2D eigenvalue weighted by Crippen LogP contribution is 2.23. The Balaban J connectivity index is 1.82. The minimum Gasteiger partial charge on any atom is -0.463 e. The standard InChI is InChI=1S/C13H19NO3/c1-16-13(15)12-11(6-7-17-12)9-14-8-10-4-2-3-5-10/h6-7,10,14H,2-5,8-9H2,1H3. The van der Waals surface area contributed by atoms with Gasteiger partial charge in [0.1, 0.15) is 0 Å². The molecule has 0 spiro atoms. The summed E-state index contributed by atoms with van der Waals surface area (Å²) in [7, 11) is 1.36. The largest absolute Gasteiger partial charge is 0.463 e. The smallest absolute Gasteiger partial charge is 0.374 e. The molecular formula is C13H19NO3. The quantitative estimate of drug-likeness (QED) is 0.799. The second-order valence-corrected chi connectivity index (χ2v) is 4.55. The van der Waals surface area contributed by atoms with Crippen LogP contribution < -0.4 is 5.32 Å². The highest BCUT2D eigenvalue weighted by atomic mass is 16.5. The maximum absolute atomic E-state index is 11.4. The van der Waals surface area contributed by atoms with Crippen LogP contribution in [-0.2, 0) is 11.3 Å². The topological polar surface area (TPSA) is 51.5 Å². The van der Waals surface area contributed by atoms with Crippen molar-refractivity contribution in [2.45, 2.75) is 32.2 Å². The van der Waals surface area contributed by atoms with E-state index in [0.717, 1.165) is 18.0 Å². The van der Waals surface area contributed by atoms with Gasteiger partial charge >= 0.3 is 5.97 Å². The zero-order valence-corrected chi connectivity index (χ0v) is 10.2. The third-order valence-corrected chi connectivity index (χ3v) is 3.34. The van der Waals surface area contributed by atoms with Gasteiger partial charge in [-0.15, -0.1) is 0 Å². The van der Waals surface area contributed by atoms with Crippen LogP contribution in [0.4, 0.5) is 0 Å². The summed E-state index contributed by atoms with van der Waals surface area (Å²) in [5.41, 5.74) is 0.870. The molecule has 1 aliphatic rings. The summed E-state index contributed by atoms with van der Waals surface area (Å²) in [5, 5.41) is 3.38. The molecule has 0 aromatic carbocycles. The Labute approximate surface area is 101 Å². The third-order valence-electron chi connectivity index (χ3n) is 3.34. The molecule has 2 rings (SSSR count). The average molecular weight is 237 g/mol. The molecule has 0 radical (unpaired) electrons. The molecule has 1 N–H and O–H groups in total. The van der Waals surface area contributed by atoms with Crippen LogP contribution >= 0.6 is 0 Å². The zero-order chi connectivity index (χ0) is 12.1. The predicted molar refractivity (Wildman–Crippen MR) is 63.7 cm³/mol. The van der Waals surface area contributed by atoms with Crippen LogP contribution in [0.3, 0.4) is 0 Å². The number of furan rings is 1. The molecule has 1 aromatic rings. The van der Waals surface area contributed by atoms with E-state index in [1.54, 1.807) is 0 Å². The van der Waals surface area contributed by atoms with Crippen molar-refractivity contribution in [1.29, 1.82) is 0 Å². The number of hydrogen-bond acceptors (Lipinski definition) is 4. The van der Waals surface area contributed by atoms with E-state index >= 15 is 0 Å². The monoisotopic (exact) mass is 237 g/mol. The highest BCUT2D eigenvalue weighted by molar-refractivity contribution is 5.87. The third kappa shape index (κ3) is 3.09. The van der Waals surface area contributed by atoms with Crippen LogP contribution in [0, 0.1) is 5.92 Å². The SMILES string of the molecule is COC(=O)c1occc1CNCC1CCCC1. The number of nitrogens with one attached hydrogen (secondary N) is 1. The Kier molecular flexibility index (Phi) is 4.20. The van der Waals surface area contributed by atoms with Gasteiger partial charge in [-0.2, -0.15) is 0 Å². The molecule has 1 heterocycles. The van der Waals surface area contributed by atoms with E-state index in [0.29, 0.717) is 12.3 Å². The second kappa shape index (κ2) is 5.87. The Morgan fingerprint density at radius 3 is 3.00 bits per heavy atom. The van der Waals surface area contributed by atoms with E-state index in [4.69, 9.17) is 4.42 Å². The van der Waals surface area contributed by atoms with Crippen LogP contribution in [0.5, 0.6) is 0 Å². The first-order chi connectivity index (χ1) is 8.31. The van der Waals surface area contributed by atoms with E-state index in [9.17, 15) is 4.79 Å². The summed E-state index contributed by atoms with van der Waals surface area (Å²) < 4.78 is 9.78. The maximum atomic E-state index is 11.4. The number of carbonyl (C=O) groups is 1. The van der Waals surface area contributed by atoms with Crippen molar-refractivity contribution < 1.29 is 13.9 Å². The number of ether oxygens (including phenoxy) is 1. The van der Waals surface area contributed by atoms with Crippen molar-refractivity contribution >= 4 is 5.97 Å². The van der Waals surface area contributed by atoms with Crippen molar-refractivity contribution in [3.05, 3.63) is 23.7 Å². The van der Waals surface area contributed by atoms with E-state index in [2.05, 4.69) is 10.1 Å². The molecule has 1 aromatic heterocycles. The van der Waals surface area contributed by atoms with Crippen molar-refractivity contribution in [2.75, 3.05) is 13.7 Å². The number of methoxy groups -OCH3 is 1. The van der Waals surface area contributed by atoms with Crippen LogP contribution in [0.1, 0.15) is 41.8 Å². The lowest BCUT2D eigenvalue weighted by atomic mass is 10.1. The molecule has 4 heteroatoms. The van der Waals surface area contributed by atoms with Gasteiger partial charge in [-0.05, 0) is 31.4 Å². The molecule has 94 valence electrons. The molecule has 0 amide bonds. The average Bonchev–Trinajstić information content (AvgIpc) is 2.99. The van der Waals surface area contributed by atoms with E-state index in [1.807, 2.05) is 6.07 Å². The van der Waals surface area contributed by atoms with Gasteiger partial charge in [0.2, 0.25) is 5.76 Å². The fraction of sp³-hybridized carbons (Fsp3) is 0.615. The summed E-state index contributed by atoms with van der Waals surface area (Å²) in [5.74, 6) is 0.697. The van der Waals surface area contributed by atoms with Crippen LogP contribution in [-0.4, -0.2) is 19.6 Å². The lowest BCUT2D eigenvalue weighted by Crippen LogP contribution is -2.21. The molecule has 1 fully saturated rings. The fourth-order valence-corrected chi connectivity index (χ4v) is 2.37. The predicted octanol–water partition coefficient (Wildman–Crippen LogP) is 2.35. The molecule has 17 heavy (non-hydrogen) atoms. The number of carbonyl (C=O) groups excluding carboxylic acids is 1. The second-order valence-electron chi connectivity index (χ2n) is 4.55. The zero-order valence-electron chi connectivity index (χ0n) is 10.2. The van der Waals surface area contributed by atoms with Crippen LogP contribution in [0.15, 0.2) is 16.7 Å². The van der Waals surface area contributed by atoms with Gasteiger partial charge < -0.3 is 14.5 Å². The number of rotatable bonds is 5. The molecular weight excluding hydrogens is 218 g/mol. The minimum absolute atomic E-state index is 0.312. The molecule has 0 bridgehead atoms. The Bertz CT molecular complexity index is 366. The first-order valence-electron chi connectivity index (χ1n) is 6.16. The molecule has 1 saturated carbocycles. The van der Waals surface area contributed by atoms with Crippen LogP contribution in [0.25, 0.3) is 0 Å². The Morgan fingerprint density at radius 1 is 1.53 bits per heavy atom. The van der Waals surface area contributed by atoms with Crippen molar-refractivity contribution in [1.82, 2.24) is 5.32 Å². The van der Waals surface area contributed by atoms with Gasteiger partial charge in [-0.1, -0.05) is 12.8 Å². The summed E-state index contributed by atoms with van der Waals surface area (Å²) in [4.78, 5) is 11.4. The molecule has 4 nitrogen and oxygen atoms in total. The molecule has 0 saturated heterocycles. The molecule has 1 aliphatic carbocycles. The van der Waals surface area contributed by atoms with E-state index < -0.39 is 5.97 Å². The lowest BCUT2D eigenvalue weighted by molar-refractivity contribution is 0.0563. The minimum atomic E-state index is -0.410.